The predicted octanol–water partition coefficient (Wildman–Crippen LogP) is 1.49. The third kappa shape index (κ3) is 6.96. The largest absolute Gasteiger partial charge is 0.390 e. The van der Waals surface area contributed by atoms with Gasteiger partial charge in [0.25, 0.3) is 0 Å². The number of aliphatic hydroxyl groups excluding tert-OH is 5. The lowest BCUT2D eigenvalue weighted by atomic mass is 9.44. The van der Waals surface area contributed by atoms with Gasteiger partial charge in [0.2, 0.25) is 0 Å². The standard InChI is InChI=1S/C41H66O15/c1-18(42)24-12-14-41(48)25-10-9-22-15-23(11-13-39(22,5)30(25)32(44)37(47)40(24,41)6)54-28-16-26(49-7)35(20(3)51-28)55-29-17-27(50-8)36(21(4)52-29)56-38-34(46)33(45)31(43)19(2)53-38/h9,19-21,23-38,43-48H,10-17H2,1-8H3/t19-,20-,21-,23+,24-,25-,26-,27+,28+,29-,30-,31+,32+,33+,34-,35+,36-,37-,38+,39+,40+,41+/m1/s1. The van der Waals surface area contributed by atoms with E-state index in [2.05, 4.69) is 13.0 Å². The summed E-state index contributed by atoms with van der Waals surface area (Å²) in [6.07, 6.45) is -6.28. The zero-order valence-corrected chi connectivity index (χ0v) is 34.1. The molecule has 6 N–H and O–H groups in total. The molecule has 0 aromatic rings. The fraction of sp³-hybridized carbons (Fsp3) is 0.927. The molecule has 15 heteroatoms. The average molecular weight is 799 g/mol. The van der Waals surface area contributed by atoms with E-state index in [0.717, 1.165) is 5.57 Å². The van der Waals surface area contributed by atoms with Crippen LogP contribution in [0.2, 0.25) is 0 Å². The third-order valence-corrected chi connectivity index (χ3v) is 15.4. The first-order chi connectivity index (χ1) is 26.4. The fourth-order valence-electron chi connectivity index (χ4n) is 12.1. The minimum absolute atomic E-state index is 0.0547. The highest BCUT2D eigenvalue weighted by molar-refractivity contribution is 5.80. The van der Waals surface area contributed by atoms with Crippen LogP contribution in [0.1, 0.15) is 92.9 Å². The molecule has 3 saturated heterocycles. The van der Waals surface area contributed by atoms with E-state index in [1.165, 1.54) is 6.92 Å². The molecule has 4 aliphatic carbocycles. The van der Waals surface area contributed by atoms with Crippen LogP contribution in [0.5, 0.6) is 0 Å². The Labute approximate surface area is 329 Å². The normalized spacial score (nSPS) is 54.8. The summed E-state index contributed by atoms with van der Waals surface area (Å²) in [5.41, 5.74) is -1.65. The summed E-state index contributed by atoms with van der Waals surface area (Å²) in [7, 11) is 3.18. The van der Waals surface area contributed by atoms with Crippen molar-refractivity contribution in [1.82, 2.24) is 0 Å². The van der Waals surface area contributed by atoms with Gasteiger partial charge in [0, 0.05) is 44.3 Å². The van der Waals surface area contributed by atoms with E-state index in [1.807, 2.05) is 6.92 Å². The fourth-order valence-corrected chi connectivity index (χ4v) is 12.1. The third-order valence-electron chi connectivity index (χ3n) is 15.4. The van der Waals surface area contributed by atoms with Crippen LogP contribution in [0.4, 0.5) is 0 Å². The lowest BCUT2D eigenvalue weighted by Gasteiger charge is -2.64. The zero-order chi connectivity index (χ0) is 40.6. The molecule has 3 heterocycles. The molecule has 3 aliphatic heterocycles. The molecule has 0 unspecified atom stereocenters. The first kappa shape index (κ1) is 43.0. The summed E-state index contributed by atoms with van der Waals surface area (Å²) >= 11 is 0. The van der Waals surface area contributed by atoms with Gasteiger partial charge >= 0.3 is 0 Å². The van der Waals surface area contributed by atoms with Gasteiger partial charge < -0.3 is 68.5 Å². The van der Waals surface area contributed by atoms with Crippen LogP contribution in [0.25, 0.3) is 0 Å². The molecule has 0 spiro atoms. The monoisotopic (exact) mass is 798 g/mol. The second-order valence-corrected chi connectivity index (χ2v) is 18.3. The van der Waals surface area contributed by atoms with E-state index in [1.54, 1.807) is 35.0 Å². The second-order valence-electron chi connectivity index (χ2n) is 18.3. The van der Waals surface area contributed by atoms with Crippen molar-refractivity contribution >= 4 is 5.78 Å². The molecule has 15 nitrogen and oxygen atoms in total. The molecule has 0 aromatic carbocycles. The van der Waals surface area contributed by atoms with Crippen LogP contribution in [-0.4, -0.2) is 154 Å². The van der Waals surface area contributed by atoms with Crippen LogP contribution in [-0.2, 0) is 42.7 Å². The first-order valence-corrected chi connectivity index (χ1v) is 20.7. The second kappa shape index (κ2) is 16.0. The Morgan fingerprint density at radius 3 is 1.98 bits per heavy atom. The van der Waals surface area contributed by atoms with Crippen molar-refractivity contribution in [2.24, 2.45) is 28.6 Å². The van der Waals surface area contributed by atoms with Crippen LogP contribution < -0.4 is 0 Å². The van der Waals surface area contributed by atoms with Crippen LogP contribution >= 0.6 is 0 Å². The number of carbonyl (C=O) groups is 1. The minimum Gasteiger partial charge on any atom is -0.390 e. The van der Waals surface area contributed by atoms with Crippen molar-refractivity contribution in [2.45, 2.75) is 197 Å². The Kier molecular flexibility index (Phi) is 12.3. The Hall–Kier alpha value is -1.15. The van der Waals surface area contributed by atoms with Gasteiger partial charge in [-0.3, -0.25) is 4.79 Å². The van der Waals surface area contributed by atoms with E-state index in [9.17, 15) is 35.4 Å². The van der Waals surface area contributed by atoms with E-state index in [-0.39, 0.29) is 29.8 Å². The number of ether oxygens (including phenoxy) is 8. The van der Waals surface area contributed by atoms with Crippen molar-refractivity contribution in [3.63, 3.8) is 0 Å². The van der Waals surface area contributed by atoms with E-state index >= 15 is 0 Å². The number of methoxy groups -OCH3 is 2. The number of fused-ring (bicyclic) bond motifs is 5. The lowest BCUT2D eigenvalue weighted by molar-refractivity contribution is -0.351. The Bertz CT molecular complexity index is 1450. The van der Waals surface area contributed by atoms with Gasteiger partial charge in [-0.1, -0.05) is 25.5 Å². The Balaban J connectivity index is 0.963. The molecular weight excluding hydrogens is 732 g/mol. The van der Waals surface area contributed by atoms with Gasteiger partial charge in [0.15, 0.2) is 18.9 Å². The van der Waals surface area contributed by atoms with E-state index in [4.69, 9.17) is 37.9 Å². The number of hydrogen-bond donors (Lipinski definition) is 6. The number of allylic oxidation sites excluding steroid dienone is 1. The van der Waals surface area contributed by atoms with Gasteiger partial charge in [-0.2, -0.15) is 0 Å². The molecule has 0 radical (unpaired) electrons. The average Bonchev–Trinajstić information content (AvgIpc) is 3.45. The van der Waals surface area contributed by atoms with Gasteiger partial charge in [-0.25, -0.2) is 0 Å². The van der Waals surface area contributed by atoms with Gasteiger partial charge in [0.05, 0.1) is 54.4 Å². The molecule has 0 aromatic heterocycles. The lowest BCUT2D eigenvalue weighted by Crippen LogP contribution is -2.71. The van der Waals surface area contributed by atoms with Gasteiger partial charge in [-0.05, 0) is 77.6 Å². The summed E-state index contributed by atoms with van der Waals surface area (Å²) in [6.45, 7) is 10.8. The van der Waals surface area contributed by atoms with Crippen LogP contribution in [0.15, 0.2) is 11.6 Å². The molecule has 22 atom stereocenters. The number of rotatable bonds is 9. The number of Topliss-reactive ketones (excluding diaryl/α,β-unsaturated/α-hetero) is 1. The molecular formula is C41H66O15. The van der Waals surface area contributed by atoms with Crippen molar-refractivity contribution < 1.29 is 73.3 Å². The number of hydrogen-bond acceptors (Lipinski definition) is 15. The maximum Gasteiger partial charge on any atom is 0.187 e. The highest BCUT2D eigenvalue weighted by Gasteiger charge is 2.73. The van der Waals surface area contributed by atoms with Gasteiger partial charge in [0.1, 0.15) is 36.3 Å². The van der Waals surface area contributed by atoms with Crippen LogP contribution in [0, 0.1) is 28.6 Å². The van der Waals surface area contributed by atoms with E-state index < -0.39 is 108 Å². The maximum atomic E-state index is 12.7. The SMILES string of the molecule is CO[C@H]1C[C@@H](O[C@H]2[C@@H](C)O[C@@H](O[C@H]3CC[C@@]4(C)C(=CC[C@@H]5[C@@H]4[C@H](O)[C@@H](O)[C@]4(C)[C@@H](C(C)=O)CC[C@]54O)C3)C[C@H]2OC)O[C@H](C)[C@H]1O[C@@H]1O[C@H](C)[C@H](O)[C@H](O)[C@H]1O. The topological polar surface area (TPSA) is 212 Å². The zero-order valence-electron chi connectivity index (χ0n) is 34.1. The summed E-state index contributed by atoms with van der Waals surface area (Å²) in [5, 5.41) is 66.6. The molecule has 0 bridgehead atoms. The van der Waals surface area contributed by atoms with Crippen molar-refractivity contribution in [3.8, 4) is 0 Å². The summed E-state index contributed by atoms with van der Waals surface area (Å²) in [4.78, 5) is 12.7. The number of ketones is 1. The molecule has 3 saturated carbocycles. The molecule has 0 amide bonds. The maximum absolute atomic E-state index is 12.7. The van der Waals surface area contributed by atoms with Crippen molar-refractivity contribution in [1.29, 1.82) is 0 Å². The van der Waals surface area contributed by atoms with Crippen molar-refractivity contribution in [2.75, 3.05) is 14.2 Å². The quantitative estimate of drug-likeness (QED) is 0.183. The number of aliphatic hydroxyl groups is 6. The number of carbonyl (C=O) groups excluding carboxylic acids is 1. The first-order valence-electron chi connectivity index (χ1n) is 20.7. The molecule has 7 rings (SSSR count). The highest BCUT2D eigenvalue weighted by atomic mass is 16.7. The molecule has 320 valence electrons. The predicted molar refractivity (Wildman–Crippen MR) is 197 cm³/mol. The summed E-state index contributed by atoms with van der Waals surface area (Å²) < 4.78 is 49.3. The summed E-state index contributed by atoms with van der Waals surface area (Å²) in [6, 6.07) is 0. The Morgan fingerprint density at radius 1 is 0.768 bits per heavy atom. The van der Waals surface area contributed by atoms with E-state index in [0.29, 0.717) is 51.4 Å². The molecule has 6 fully saturated rings. The Morgan fingerprint density at radius 2 is 1.38 bits per heavy atom. The molecule has 56 heavy (non-hydrogen) atoms. The minimum atomic E-state index is -1.46. The van der Waals surface area contributed by atoms with Gasteiger partial charge in [-0.15, -0.1) is 0 Å². The van der Waals surface area contributed by atoms with Crippen molar-refractivity contribution in [3.05, 3.63) is 11.6 Å². The van der Waals surface area contributed by atoms with Crippen LogP contribution in [0.3, 0.4) is 0 Å². The molecule has 7 aliphatic rings. The summed E-state index contributed by atoms with van der Waals surface area (Å²) in [5.74, 6) is -1.18. The smallest absolute Gasteiger partial charge is 0.187 e. The highest BCUT2D eigenvalue weighted by Crippen LogP contribution is 2.68.